The lowest BCUT2D eigenvalue weighted by Gasteiger charge is -2.09. The lowest BCUT2D eigenvalue weighted by Crippen LogP contribution is -2.32. The van der Waals surface area contributed by atoms with Crippen LogP contribution in [0.25, 0.3) is 0 Å². The van der Waals surface area contributed by atoms with Crippen molar-refractivity contribution in [2.24, 2.45) is 0 Å². The second-order valence-corrected chi connectivity index (χ2v) is 10.4. The number of ether oxygens (including phenoxy) is 14. The Morgan fingerprint density at radius 3 is 0.904 bits per heavy atom. The fraction of sp³-hybridized carbons (Fsp3) is 0.879. The summed E-state index contributed by atoms with van der Waals surface area (Å²) >= 11 is 0. The zero-order valence-electron chi connectivity index (χ0n) is 30.7. The van der Waals surface area contributed by atoms with Crippen LogP contribution in [-0.4, -0.2) is 195 Å². The van der Waals surface area contributed by atoms with Crippen LogP contribution in [0.5, 0.6) is 0 Å². The number of nitrogens with zero attached hydrogens (tertiary/aromatic N) is 1. The van der Waals surface area contributed by atoms with Gasteiger partial charge in [-0.3, -0.25) is 14.3 Å². The van der Waals surface area contributed by atoms with Crippen molar-refractivity contribution in [1.29, 1.82) is 0 Å². The Morgan fingerprint density at radius 2 is 0.654 bits per heavy atom. The van der Waals surface area contributed by atoms with Gasteiger partial charge in [-0.25, -0.2) is 4.79 Å². The molecule has 0 amide bonds. The highest BCUT2D eigenvalue weighted by Crippen LogP contribution is 1.89. The molecule has 0 saturated carbocycles. The smallest absolute Gasteiger partial charge is 0.328 e. The molecule has 18 nitrogen and oxygen atoms in total. The standard InChI is InChI=1S/C33H61FN2O16/c1-39-4-5-41-8-9-43-12-13-45-16-17-47-20-21-49-24-25-51-28-29-52-27-26-50-23-22-48-19-18-46-15-14-44-11-10-42-7-6-40-3-2-36-30-31(34)32(37)35-33(36)38/h30H,2-29H2,1H3,(H,35,37,38). The third kappa shape index (κ3) is 32.7. The zero-order valence-corrected chi connectivity index (χ0v) is 30.7. The Balaban J connectivity index is 1.64. The average molecular weight is 761 g/mol. The van der Waals surface area contributed by atoms with Gasteiger partial charge in [-0.05, 0) is 0 Å². The predicted octanol–water partition coefficient (Wildman–Crippen LogP) is -0.462. The number of hydrogen-bond donors (Lipinski definition) is 1. The first-order valence-corrected chi connectivity index (χ1v) is 17.6. The quantitative estimate of drug-likeness (QED) is 0.0844. The summed E-state index contributed by atoms with van der Waals surface area (Å²) < 4.78 is 89.7. The lowest BCUT2D eigenvalue weighted by atomic mass is 10.5. The Bertz CT molecular complexity index is 1010. The molecule has 0 aliphatic carbocycles. The van der Waals surface area contributed by atoms with Crippen LogP contribution in [0.3, 0.4) is 0 Å². The molecule has 0 spiro atoms. The van der Waals surface area contributed by atoms with E-state index in [2.05, 4.69) is 0 Å². The van der Waals surface area contributed by atoms with Crippen LogP contribution < -0.4 is 11.2 Å². The van der Waals surface area contributed by atoms with Crippen LogP contribution in [0.15, 0.2) is 15.8 Å². The molecule has 0 aliphatic heterocycles. The van der Waals surface area contributed by atoms with E-state index < -0.39 is 17.1 Å². The first-order valence-electron chi connectivity index (χ1n) is 17.6. The molecule has 1 heterocycles. The minimum Gasteiger partial charge on any atom is -0.382 e. The van der Waals surface area contributed by atoms with E-state index in [0.29, 0.717) is 172 Å². The van der Waals surface area contributed by atoms with E-state index in [1.807, 2.05) is 4.98 Å². The Hall–Kier alpha value is -1.95. The van der Waals surface area contributed by atoms with Gasteiger partial charge in [-0.15, -0.1) is 0 Å². The minimum absolute atomic E-state index is 0.114. The van der Waals surface area contributed by atoms with Gasteiger partial charge in [0, 0.05) is 7.11 Å². The maximum Gasteiger partial charge on any atom is 0.328 e. The molecule has 1 aromatic heterocycles. The minimum atomic E-state index is -1.04. The second kappa shape index (κ2) is 38.8. The predicted molar refractivity (Wildman–Crippen MR) is 184 cm³/mol. The molecule has 0 radical (unpaired) electrons. The highest BCUT2D eigenvalue weighted by molar-refractivity contribution is 4.86. The third-order valence-electron chi connectivity index (χ3n) is 6.34. The molecule has 0 atom stereocenters. The molecular weight excluding hydrogens is 699 g/mol. The van der Waals surface area contributed by atoms with Gasteiger partial charge < -0.3 is 66.3 Å². The van der Waals surface area contributed by atoms with Crippen molar-refractivity contribution >= 4 is 0 Å². The summed E-state index contributed by atoms with van der Waals surface area (Å²) in [4.78, 5) is 24.4. The molecule has 1 aromatic rings. The molecule has 52 heavy (non-hydrogen) atoms. The first kappa shape index (κ1) is 48.1. The number of halogens is 1. The van der Waals surface area contributed by atoms with E-state index in [9.17, 15) is 14.0 Å². The van der Waals surface area contributed by atoms with E-state index in [1.165, 1.54) is 0 Å². The Morgan fingerprint density at radius 1 is 0.423 bits per heavy atom. The van der Waals surface area contributed by atoms with Crippen LogP contribution >= 0.6 is 0 Å². The van der Waals surface area contributed by atoms with E-state index >= 15 is 0 Å². The summed E-state index contributed by atoms with van der Waals surface area (Å²) in [6, 6.07) is 0. The highest BCUT2D eigenvalue weighted by atomic mass is 19.1. The molecular formula is C33H61FN2O16. The molecule has 0 bridgehead atoms. The highest BCUT2D eigenvalue weighted by Gasteiger charge is 2.03. The molecule has 0 fully saturated rings. The van der Waals surface area contributed by atoms with E-state index in [1.54, 1.807) is 7.11 Å². The van der Waals surface area contributed by atoms with Gasteiger partial charge in [0.05, 0.1) is 191 Å². The summed E-state index contributed by atoms with van der Waals surface area (Å²) in [5, 5.41) is 0. The van der Waals surface area contributed by atoms with E-state index in [0.717, 1.165) is 10.8 Å². The molecule has 0 aromatic carbocycles. The number of H-pyrrole nitrogens is 1. The molecule has 0 unspecified atom stereocenters. The van der Waals surface area contributed by atoms with Gasteiger partial charge in [0.15, 0.2) is 0 Å². The maximum absolute atomic E-state index is 13.2. The molecule has 1 rings (SSSR count). The van der Waals surface area contributed by atoms with Crippen LogP contribution in [0.1, 0.15) is 0 Å². The summed E-state index contributed by atoms with van der Waals surface area (Å²) in [5.41, 5.74) is -1.73. The number of aromatic nitrogens is 2. The maximum atomic E-state index is 13.2. The zero-order chi connectivity index (χ0) is 37.4. The van der Waals surface area contributed by atoms with Crippen molar-refractivity contribution in [2.75, 3.05) is 185 Å². The van der Waals surface area contributed by atoms with E-state index in [4.69, 9.17) is 66.3 Å². The van der Waals surface area contributed by atoms with Gasteiger partial charge in [0.25, 0.3) is 5.56 Å². The number of hydrogen-bond acceptors (Lipinski definition) is 16. The van der Waals surface area contributed by atoms with Crippen LogP contribution in [0.2, 0.25) is 0 Å². The van der Waals surface area contributed by atoms with Crippen molar-refractivity contribution in [3.63, 3.8) is 0 Å². The fourth-order valence-electron chi connectivity index (χ4n) is 3.69. The number of methoxy groups -OCH3 is 1. The van der Waals surface area contributed by atoms with Crippen molar-refractivity contribution in [3.8, 4) is 0 Å². The third-order valence-corrected chi connectivity index (χ3v) is 6.34. The van der Waals surface area contributed by atoms with Crippen molar-refractivity contribution in [1.82, 2.24) is 9.55 Å². The van der Waals surface area contributed by atoms with Crippen molar-refractivity contribution in [3.05, 3.63) is 32.9 Å². The van der Waals surface area contributed by atoms with Gasteiger partial charge in [0.1, 0.15) is 0 Å². The first-order chi connectivity index (χ1) is 25.6. The number of nitrogens with one attached hydrogen (secondary N) is 1. The Kier molecular flexibility index (Phi) is 35.8. The number of aromatic amines is 1. The molecule has 0 saturated heterocycles. The monoisotopic (exact) mass is 760 g/mol. The summed E-state index contributed by atoms with van der Waals surface area (Å²) in [6.07, 6.45) is 0.855. The number of rotatable bonds is 42. The van der Waals surface area contributed by atoms with Crippen LogP contribution in [0, 0.1) is 5.82 Å². The SMILES string of the molecule is COCCOCCOCCOCCOCCOCCOCCOCCOCCOCCOCCOCCOCCOCCn1cc(F)c(=O)[nH]c1=O. The van der Waals surface area contributed by atoms with Gasteiger partial charge in [-0.1, -0.05) is 0 Å². The Labute approximate surface area is 305 Å². The van der Waals surface area contributed by atoms with E-state index in [-0.39, 0.29) is 13.2 Å². The van der Waals surface area contributed by atoms with Crippen molar-refractivity contribution < 1.29 is 70.7 Å². The van der Waals surface area contributed by atoms with Gasteiger partial charge in [-0.2, -0.15) is 4.39 Å². The summed E-state index contributed by atoms with van der Waals surface area (Å²) in [6.45, 7) is 12.7. The van der Waals surface area contributed by atoms with Gasteiger partial charge >= 0.3 is 5.69 Å². The molecule has 19 heteroatoms. The molecule has 0 aliphatic rings. The summed E-state index contributed by atoms with van der Waals surface area (Å²) in [5.74, 6) is -1.02. The largest absolute Gasteiger partial charge is 0.382 e. The summed E-state index contributed by atoms with van der Waals surface area (Å²) in [7, 11) is 1.64. The van der Waals surface area contributed by atoms with Gasteiger partial charge in [0.2, 0.25) is 5.82 Å². The molecule has 1 N–H and O–H groups in total. The average Bonchev–Trinajstić information content (AvgIpc) is 3.14. The lowest BCUT2D eigenvalue weighted by molar-refractivity contribution is -0.0294. The topological polar surface area (TPSA) is 184 Å². The normalized spacial score (nSPS) is 11.6. The van der Waals surface area contributed by atoms with Crippen LogP contribution in [-0.2, 0) is 72.9 Å². The fourth-order valence-corrected chi connectivity index (χ4v) is 3.69. The molecule has 306 valence electrons. The van der Waals surface area contributed by atoms with Crippen molar-refractivity contribution in [2.45, 2.75) is 6.54 Å². The second-order valence-electron chi connectivity index (χ2n) is 10.4. The van der Waals surface area contributed by atoms with Crippen LogP contribution in [0.4, 0.5) is 4.39 Å².